The average molecular weight is 344 g/mol. The molecule has 0 saturated heterocycles. The van der Waals surface area contributed by atoms with Crippen LogP contribution in [0.3, 0.4) is 0 Å². The van der Waals surface area contributed by atoms with Gasteiger partial charge in [-0.15, -0.1) is 0 Å². The molecule has 2 aromatic rings. The van der Waals surface area contributed by atoms with Crippen molar-refractivity contribution < 1.29 is 18.1 Å². The van der Waals surface area contributed by atoms with Crippen molar-refractivity contribution in [3.05, 3.63) is 63.7 Å². The number of benzene rings is 2. The third-order valence-electron chi connectivity index (χ3n) is 3.62. The van der Waals surface area contributed by atoms with Gasteiger partial charge in [0.05, 0.1) is 9.82 Å². The number of hydrogen-bond donors (Lipinski definition) is 1. The quantitative estimate of drug-likeness (QED) is 0.523. The average Bonchev–Trinajstić information content (AvgIpc) is 2.82. The predicted molar refractivity (Wildman–Crippen MR) is 89.1 cm³/mol. The maximum Gasteiger partial charge on any atom is 0.270 e. The second-order valence-corrected chi connectivity index (χ2v) is 7.36. The van der Waals surface area contributed by atoms with E-state index in [1.807, 2.05) is 0 Å². The van der Waals surface area contributed by atoms with E-state index in [4.69, 9.17) is 0 Å². The normalized spacial score (nSPS) is 15.2. The van der Waals surface area contributed by atoms with Gasteiger partial charge in [-0.1, -0.05) is 12.1 Å². The lowest BCUT2D eigenvalue weighted by Crippen LogP contribution is -2.03. The second-order valence-electron chi connectivity index (χ2n) is 5.34. The number of nitrogens with one attached hydrogen (secondary N) is 1. The van der Waals surface area contributed by atoms with E-state index in [1.54, 1.807) is 18.2 Å². The van der Waals surface area contributed by atoms with Gasteiger partial charge in [-0.25, -0.2) is 8.42 Å². The van der Waals surface area contributed by atoms with E-state index in [1.165, 1.54) is 30.3 Å². The highest BCUT2D eigenvalue weighted by molar-refractivity contribution is 7.90. The van der Waals surface area contributed by atoms with Gasteiger partial charge in [0.1, 0.15) is 0 Å². The number of carbonyl (C=O) groups is 1. The molecule has 0 aliphatic carbocycles. The number of amides is 1. The molecule has 0 unspecified atom stereocenters. The van der Waals surface area contributed by atoms with Crippen LogP contribution in [0.2, 0.25) is 0 Å². The highest BCUT2D eigenvalue weighted by atomic mass is 32.2. The maximum atomic E-state index is 12.1. The van der Waals surface area contributed by atoms with Crippen molar-refractivity contribution in [2.24, 2.45) is 0 Å². The van der Waals surface area contributed by atoms with E-state index < -0.39 is 14.8 Å². The minimum Gasteiger partial charge on any atom is -0.321 e. The molecule has 7 nitrogen and oxygen atoms in total. The maximum absolute atomic E-state index is 12.1. The van der Waals surface area contributed by atoms with E-state index in [0.717, 1.165) is 6.26 Å². The number of hydrogen-bond acceptors (Lipinski definition) is 5. The van der Waals surface area contributed by atoms with Crippen LogP contribution in [0.4, 0.5) is 11.4 Å². The lowest BCUT2D eigenvalue weighted by molar-refractivity contribution is -0.384. The van der Waals surface area contributed by atoms with Crippen molar-refractivity contribution in [3.8, 4) is 0 Å². The molecule has 2 aromatic carbocycles. The molecule has 0 radical (unpaired) electrons. The van der Waals surface area contributed by atoms with E-state index in [-0.39, 0.29) is 16.5 Å². The Morgan fingerprint density at radius 2 is 1.79 bits per heavy atom. The Morgan fingerprint density at radius 3 is 2.38 bits per heavy atom. The van der Waals surface area contributed by atoms with Crippen LogP contribution < -0.4 is 5.32 Å². The molecule has 1 heterocycles. The van der Waals surface area contributed by atoms with Crippen LogP contribution in [0.25, 0.3) is 11.6 Å². The zero-order valence-corrected chi connectivity index (χ0v) is 13.3. The Morgan fingerprint density at radius 1 is 1.12 bits per heavy atom. The zero-order valence-electron chi connectivity index (χ0n) is 12.5. The molecule has 1 aliphatic rings. The summed E-state index contributed by atoms with van der Waals surface area (Å²) < 4.78 is 22.9. The van der Waals surface area contributed by atoms with Gasteiger partial charge in [0, 0.05) is 35.2 Å². The van der Waals surface area contributed by atoms with E-state index in [9.17, 15) is 23.3 Å². The van der Waals surface area contributed by atoms with Crippen LogP contribution >= 0.6 is 0 Å². The van der Waals surface area contributed by atoms with Gasteiger partial charge in [0.25, 0.3) is 11.6 Å². The molecule has 3 rings (SSSR count). The van der Waals surface area contributed by atoms with E-state index >= 15 is 0 Å². The molecule has 8 heteroatoms. The van der Waals surface area contributed by atoms with Crippen molar-refractivity contribution in [3.63, 3.8) is 0 Å². The van der Waals surface area contributed by atoms with Gasteiger partial charge < -0.3 is 5.32 Å². The summed E-state index contributed by atoms with van der Waals surface area (Å²) >= 11 is 0. The fraction of sp³-hybridized carbons (Fsp3) is 0.0625. The second kappa shape index (κ2) is 5.57. The minimum absolute atomic E-state index is 0.108. The monoisotopic (exact) mass is 344 g/mol. The number of anilines is 1. The molecule has 0 bridgehead atoms. The Bertz CT molecular complexity index is 992. The van der Waals surface area contributed by atoms with Gasteiger partial charge >= 0.3 is 0 Å². The van der Waals surface area contributed by atoms with Gasteiger partial charge in [-0.05, 0) is 29.8 Å². The molecule has 24 heavy (non-hydrogen) atoms. The first-order valence-electron chi connectivity index (χ1n) is 6.88. The van der Waals surface area contributed by atoms with Gasteiger partial charge in [0.15, 0.2) is 9.84 Å². The first-order valence-corrected chi connectivity index (χ1v) is 8.77. The smallest absolute Gasteiger partial charge is 0.270 e. The molecular formula is C16H12N2O5S. The molecule has 0 spiro atoms. The van der Waals surface area contributed by atoms with E-state index in [2.05, 4.69) is 5.32 Å². The Labute approximate surface area is 137 Å². The topological polar surface area (TPSA) is 106 Å². The van der Waals surface area contributed by atoms with Crippen molar-refractivity contribution in [2.45, 2.75) is 4.90 Å². The summed E-state index contributed by atoms with van der Waals surface area (Å²) in [6.45, 7) is 0. The summed E-state index contributed by atoms with van der Waals surface area (Å²) in [4.78, 5) is 22.7. The third-order valence-corrected chi connectivity index (χ3v) is 4.74. The molecular weight excluding hydrogens is 332 g/mol. The van der Waals surface area contributed by atoms with Crippen LogP contribution in [-0.4, -0.2) is 25.5 Å². The number of carbonyl (C=O) groups excluding carboxylic acids is 1. The number of nitro groups is 1. The lowest BCUT2D eigenvalue weighted by atomic mass is 10.0. The summed E-state index contributed by atoms with van der Waals surface area (Å²) in [7, 11) is -3.30. The molecule has 0 saturated carbocycles. The summed E-state index contributed by atoms with van der Waals surface area (Å²) in [6, 6.07) is 10.2. The Balaban J connectivity index is 2.04. The molecule has 0 aromatic heterocycles. The summed E-state index contributed by atoms with van der Waals surface area (Å²) in [5.74, 6) is -0.363. The summed E-state index contributed by atoms with van der Waals surface area (Å²) in [6.07, 6.45) is 2.68. The molecule has 1 N–H and O–H groups in total. The summed E-state index contributed by atoms with van der Waals surface area (Å²) in [5, 5.41) is 13.5. The standard InChI is InChI=1S/C16H12N2O5S/c1-24(22,23)12-5-2-10(3-6-12)8-14-13-9-11(18(20)21)4-7-15(13)17-16(14)19/h2-9H,1H3,(H,17,19)/b14-8+. The predicted octanol–water partition coefficient (Wildman–Crippen LogP) is 2.49. The third kappa shape index (κ3) is 2.91. The van der Waals surface area contributed by atoms with Crippen molar-refractivity contribution >= 4 is 38.8 Å². The number of nitro benzene ring substituents is 1. The molecule has 1 amide bonds. The van der Waals surface area contributed by atoms with Crippen LogP contribution in [0.1, 0.15) is 11.1 Å². The first-order chi connectivity index (χ1) is 11.3. The molecule has 0 atom stereocenters. The van der Waals surface area contributed by atoms with Crippen LogP contribution in [0, 0.1) is 10.1 Å². The van der Waals surface area contributed by atoms with Crippen molar-refractivity contribution in [1.82, 2.24) is 0 Å². The van der Waals surface area contributed by atoms with Crippen molar-refractivity contribution in [1.29, 1.82) is 0 Å². The Kier molecular flexibility index (Phi) is 3.69. The number of rotatable bonds is 3. The fourth-order valence-electron chi connectivity index (χ4n) is 2.41. The van der Waals surface area contributed by atoms with E-state index in [0.29, 0.717) is 22.4 Å². The minimum atomic E-state index is -3.30. The lowest BCUT2D eigenvalue weighted by Gasteiger charge is -2.01. The molecule has 0 fully saturated rings. The van der Waals surface area contributed by atoms with Gasteiger partial charge in [-0.3, -0.25) is 14.9 Å². The fourth-order valence-corrected chi connectivity index (χ4v) is 3.04. The molecule has 1 aliphatic heterocycles. The SMILES string of the molecule is CS(=O)(=O)c1ccc(/C=C2/C(=O)Nc3ccc([N+](=O)[O-])cc32)cc1. The number of sulfone groups is 1. The highest BCUT2D eigenvalue weighted by Gasteiger charge is 2.26. The molecule has 122 valence electrons. The van der Waals surface area contributed by atoms with Gasteiger partial charge in [-0.2, -0.15) is 0 Å². The first kappa shape index (κ1) is 15.9. The van der Waals surface area contributed by atoms with Crippen molar-refractivity contribution in [2.75, 3.05) is 11.6 Å². The van der Waals surface area contributed by atoms with Crippen LogP contribution in [-0.2, 0) is 14.6 Å². The summed E-state index contributed by atoms with van der Waals surface area (Å²) in [5.41, 5.74) is 1.75. The highest BCUT2D eigenvalue weighted by Crippen LogP contribution is 2.35. The number of nitrogens with zero attached hydrogens (tertiary/aromatic N) is 1. The Hall–Kier alpha value is -3.00. The number of fused-ring (bicyclic) bond motifs is 1. The van der Waals surface area contributed by atoms with Crippen LogP contribution in [0.15, 0.2) is 47.4 Å². The zero-order chi connectivity index (χ0) is 17.5. The number of non-ortho nitro benzene ring substituents is 1. The van der Waals surface area contributed by atoms with Crippen LogP contribution in [0.5, 0.6) is 0 Å². The van der Waals surface area contributed by atoms with Gasteiger partial charge in [0.2, 0.25) is 0 Å². The largest absolute Gasteiger partial charge is 0.321 e.